The maximum absolute atomic E-state index is 3.76. The van der Waals surface area contributed by atoms with Crippen LogP contribution in [0.5, 0.6) is 0 Å². The number of piperidine rings is 1. The maximum Gasteiger partial charge on any atom is 0.0367 e. The summed E-state index contributed by atoms with van der Waals surface area (Å²) in [6.45, 7) is 6.57. The van der Waals surface area contributed by atoms with Crippen LogP contribution in [-0.4, -0.2) is 43.2 Å². The molecule has 2 heterocycles. The molecule has 1 N–H and O–H groups in total. The van der Waals surface area contributed by atoms with Crippen LogP contribution < -0.4 is 10.2 Å². The van der Waals surface area contributed by atoms with Crippen LogP contribution in [0, 0.1) is 0 Å². The molecule has 2 bridgehead atoms. The fourth-order valence-electron chi connectivity index (χ4n) is 4.12. The number of nitrogens with one attached hydrogen (secondary N) is 1. The highest BCUT2D eigenvalue weighted by Crippen LogP contribution is 2.35. The van der Waals surface area contributed by atoms with Crippen molar-refractivity contribution in [2.24, 2.45) is 0 Å². The molecule has 1 aromatic carbocycles. The minimum absolute atomic E-state index is 0.651. The van der Waals surface area contributed by atoms with Gasteiger partial charge in [-0.3, -0.25) is 0 Å². The molecule has 2 saturated heterocycles. The first kappa shape index (κ1) is 14.7. The first-order valence-corrected chi connectivity index (χ1v) is 8.54. The monoisotopic (exact) mass is 287 g/mol. The van der Waals surface area contributed by atoms with Crippen molar-refractivity contribution in [3.8, 4) is 0 Å². The molecule has 1 aromatic rings. The topological polar surface area (TPSA) is 18.5 Å². The zero-order chi connectivity index (χ0) is 14.8. The molecule has 116 valence electrons. The quantitative estimate of drug-likeness (QED) is 0.893. The second-order valence-corrected chi connectivity index (χ2v) is 6.58. The van der Waals surface area contributed by atoms with Crippen LogP contribution in [0.3, 0.4) is 0 Å². The summed E-state index contributed by atoms with van der Waals surface area (Å²) in [5, 5.41) is 3.76. The molecule has 2 aliphatic rings. The van der Waals surface area contributed by atoms with Crippen molar-refractivity contribution in [3.05, 3.63) is 24.3 Å². The molecule has 0 radical (unpaired) electrons. The molecule has 3 nitrogen and oxygen atoms in total. The maximum atomic E-state index is 3.76. The van der Waals surface area contributed by atoms with Crippen LogP contribution in [0.15, 0.2) is 24.3 Å². The Morgan fingerprint density at radius 1 is 1.05 bits per heavy atom. The standard InChI is InChI=1S/C18H29N3/c1-4-21(5-2)16-8-6-14(7-9-16)19-15-12-17-10-11-18(13-15)20(17)3/h6-9,15,17-19H,4-5,10-13H2,1-3H3. The van der Waals surface area contributed by atoms with E-state index in [2.05, 4.69) is 60.3 Å². The molecular formula is C18H29N3. The van der Waals surface area contributed by atoms with Crippen LogP contribution in [0.4, 0.5) is 11.4 Å². The second-order valence-electron chi connectivity index (χ2n) is 6.58. The van der Waals surface area contributed by atoms with Gasteiger partial charge in [-0.25, -0.2) is 0 Å². The van der Waals surface area contributed by atoms with Crippen molar-refractivity contribution in [3.63, 3.8) is 0 Å². The minimum Gasteiger partial charge on any atom is -0.382 e. The van der Waals surface area contributed by atoms with E-state index in [1.807, 2.05) is 0 Å². The van der Waals surface area contributed by atoms with Crippen molar-refractivity contribution in [1.82, 2.24) is 4.90 Å². The van der Waals surface area contributed by atoms with Crippen molar-refractivity contribution >= 4 is 11.4 Å². The summed E-state index contributed by atoms with van der Waals surface area (Å²) in [6.07, 6.45) is 5.37. The Morgan fingerprint density at radius 2 is 1.62 bits per heavy atom. The predicted octanol–water partition coefficient (Wildman–Crippen LogP) is 3.57. The molecule has 3 rings (SSSR count). The number of fused-ring (bicyclic) bond motifs is 2. The van der Waals surface area contributed by atoms with E-state index >= 15 is 0 Å². The van der Waals surface area contributed by atoms with Gasteiger partial charge in [0.15, 0.2) is 0 Å². The number of hydrogen-bond donors (Lipinski definition) is 1. The molecule has 0 aromatic heterocycles. The van der Waals surface area contributed by atoms with Crippen molar-refractivity contribution in [2.75, 3.05) is 30.4 Å². The van der Waals surface area contributed by atoms with E-state index in [4.69, 9.17) is 0 Å². The van der Waals surface area contributed by atoms with E-state index in [0.29, 0.717) is 6.04 Å². The lowest BCUT2D eigenvalue weighted by molar-refractivity contribution is 0.169. The Bertz CT molecular complexity index is 438. The number of hydrogen-bond acceptors (Lipinski definition) is 3. The van der Waals surface area contributed by atoms with Crippen LogP contribution in [0.1, 0.15) is 39.5 Å². The molecule has 21 heavy (non-hydrogen) atoms. The SMILES string of the molecule is CCN(CC)c1ccc(NC2CC3CCC(C2)N3C)cc1. The number of anilines is 2. The Balaban J connectivity index is 1.61. The van der Waals surface area contributed by atoms with Crippen LogP contribution >= 0.6 is 0 Å². The number of benzene rings is 1. The molecule has 0 saturated carbocycles. The highest BCUT2D eigenvalue weighted by Gasteiger charge is 2.38. The van der Waals surface area contributed by atoms with Crippen LogP contribution in [0.2, 0.25) is 0 Å². The smallest absolute Gasteiger partial charge is 0.0367 e. The zero-order valence-electron chi connectivity index (χ0n) is 13.7. The van der Waals surface area contributed by atoms with Crippen molar-refractivity contribution < 1.29 is 0 Å². The molecule has 2 aliphatic heterocycles. The average molecular weight is 287 g/mol. The highest BCUT2D eigenvalue weighted by atomic mass is 15.2. The van der Waals surface area contributed by atoms with Gasteiger partial charge in [0.1, 0.15) is 0 Å². The summed E-state index contributed by atoms with van der Waals surface area (Å²) in [5.74, 6) is 0. The molecule has 2 unspecified atom stereocenters. The van der Waals surface area contributed by atoms with E-state index in [-0.39, 0.29) is 0 Å². The van der Waals surface area contributed by atoms with E-state index in [1.54, 1.807) is 0 Å². The van der Waals surface area contributed by atoms with Gasteiger partial charge in [0.05, 0.1) is 0 Å². The molecule has 2 fully saturated rings. The first-order valence-electron chi connectivity index (χ1n) is 8.54. The average Bonchev–Trinajstić information content (AvgIpc) is 2.73. The Labute approximate surface area is 129 Å². The number of rotatable bonds is 5. The summed E-state index contributed by atoms with van der Waals surface area (Å²) in [5.41, 5.74) is 2.61. The van der Waals surface area contributed by atoms with E-state index in [9.17, 15) is 0 Å². The van der Waals surface area contributed by atoms with Gasteiger partial charge in [-0.05, 0) is 70.8 Å². The minimum atomic E-state index is 0.651. The first-order chi connectivity index (χ1) is 10.2. The van der Waals surface area contributed by atoms with Crippen molar-refractivity contribution in [1.29, 1.82) is 0 Å². The molecule has 0 spiro atoms. The molecular weight excluding hydrogens is 258 g/mol. The lowest BCUT2D eigenvalue weighted by Crippen LogP contribution is -2.44. The number of nitrogens with zero attached hydrogens (tertiary/aromatic N) is 2. The van der Waals surface area contributed by atoms with Crippen molar-refractivity contribution in [2.45, 2.75) is 57.7 Å². The summed E-state index contributed by atoms with van der Waals surface area (Å²) < 4.78 is 0. The van der Waals surface area contributed by atoms with Gasteiger partial charge in [-0.15, -0.1) is 0 Å². The molecule has 2 atom stereocenters. The fourth-order valence-corrected chi connectivity index (χ4v) is 4.12. The van der Waals surface area contributed by atoms with Gasteiger partial charge in [0, 0.05) is 42.6 Å². The van der Waals surface area contributed by atoms with E-state index in [1.165, 1.54) is 37.1 Å². The second kappa shape index (κ2) is 6.27. The third-order valence-electron chi connectivity index (χ3n) is 5.46. The predicted molar refractivity (Wildman–Crippen MR) is 91.2 cm³/mol. The Morgan fingerprint density at radius 3 is 2.14 bits per heavy atom. The lowest BCUT2D eigenvalue weighted by atomic mass is 9.98. The fraction of sp³-hybridized carbons (Fsp3) is 0.667. The van der Waals surface area contributed by atoms with Gasteiger partial charge >= 0.3 is 0 Å². The summed E-state index contributed by atoms with van der Waals surface area (Å²) in [4.78, 5) is 4.99. The lowest BCUT2D eigenvalue weighted by Gasteiger charge is -2.37. The van der Waals surface area contributed by atoms with Gasteiger partial charge in [-0.1, -0.05) is 0 Å². The van der Waals surface area contributed by atoms with Crippen LogP contribution in [0.25, 0.3) is 0 Å². The van der Waals surface area contributed by atoms with E-state index in [0.717, 1.165) is 25.2 Å². The largest absolute Gasteiger partial charge is 0.382 e. The Kier molecular flexibility index (Phi) is 4.39. The molecule has 0 amide bonds. The molecule has 3 heteroatoms. The van der Waals surface area contributed by atoms with Gasteiger partial charge in [0.2, 0.25) is 0 Å². The summed E-state index contributed by atoms with van der Waals surface area (Å²) in [6, 6.07) is 11.2. The summed E-state index contributed by atoms with van der Waals surface area (Å²) >= 11 is 0. The third-order valence-corrected chi connectivity index (χ3v) is 5.46. The van der Waals surface area contributed by atoms with Crippen LogP contribution in [-0.2, 0) is 0 Å². The zero-order valence-corrected chi connectivity index (χ0v) is 13.7. The van der Waals surface area contributed by atoms with Gasteiger partial charge in [-0.2, -0.15) is 0 Å². The van der Waals surface area contributed by atoms with E-state index < -0.39 is 0 Å². The highest BCUT2D eigenvalue weighted by molar-refractivity contribution is 5.55. The van der Waals surface area contributed by atoms with Gasteiger partial charge < -0.3 is 15.1 Å². The molecule has 0 aliphatic carbocycles. The Hall–Kier alpha value is -1.22. The third kappa shape index (κ3) is 3.03. The normalized spacial score (nSPS) is 28.6. The summed E-state index contributed by atoms with van der Waals surface area (Å²) in [7, 11) is 2.30. The van der Waals surface area contributed by atoms with Gasteiger partial charge in [0.25, 0.3) is 0 Å².